The van der Waals surface area contributed by atoms with E-state index in [0.717, 1.165) is 10.5 Å². The van der Waals surface area contributed by atoms with Gasteiger partial charge in [0, 0.05) is 16.5 Å². The van der Waals surface area contributed by atoms with Gasteiger partial charge in [-0.05, 0) is 42.8 Å². The number of rotatable bonds is 6. The van der Waals surface area contributed by atoms with Gasteiger partial charge in [0.1, 0.15) is 10.6 Å². The average molecular weight is 497 g/mol. The SMILES string of the molecule is CCOC(=O)c1c(-c2ccccc2)csc1NC(=O)c1cccc(N2C(=O)c3ccccc3C2=O)c1. The first-order valence-electron chi connectivity index (χ1n) is 11.2. The molecule has 5 rings (SSSR count). The quantitative estimate of drug-likeness (QED) is 0.275. The Morgan fingerprint density at radius 2 is 1.53 bits per heavy atom. The number of carbonyl (C=O) groups excluding carboxylic acids is 4. The largest absolute Gasteiger partial charge is 0.462 e. The molecule has 0 unspecified atom stereocenters. The number of amides is 3. The standard InChI is InChI=1S/C28H20N2O5S/c1-2-35-28(34)23-22(17-9-4-3-5-10-17)16-36-25(23)29-24(31)18-11-8-12-19(15-18)30-26(32)20-13-6-7-14-21(20)27(30)33/h3-16H,2H2,1H3,(H,29,31). The molecule has 3 amide bonds. The van der Waals surface area contributed by atoms with Crippen LogP contribution in [-0.4, -0.2) is 30.3 Å². The molecule has 0 saturated heterocycles. The molecule has 4 aromatic rings. The normalized spacial score (nSPS) is 12.4. The zero-order valence-electron chi connectivity index (χ0n) is 19.2. The maximum atomic E-state index is 13.2. The highest BCUT2D eigenvalue weighted by atomic mass is 32.1. The first-order valence-corrected chi connectivity index (χ1v) is 12.1. The lowest BCUT2D eigenvalue weighted by Crippen LogP contribution is -2.29. The summed E-state index contributed by atoms with van der Waals surface area (Å²) in [5.41, 5.74) is 2.92. The molecule has 1 aromatic heterocycles. The highest BCUT2D eigenvalue weighted by Gasteiger charge is 2.36. The van der Waals surface area contributed by atoms with E-state index in [1.54, 1.807) is 54.8 Å². The molecule has 0 saturated carbocycles. The van der Waals surface area contributed by atoms with Crippen molar-refractivity contribution < 1.29 is 23.9 Å². The van der Waals surface area contributed by atoms with Gasteiger partial charge in [-0.2, -0.15) is 0 Å². The molecule has 0 radical (unpaired) electrons. The number of hydrogen-bond acceptors (Lipinski definition) is 6. The first kappa shape index (κ1) is 23.2. The Morgan fingerprint density at radius 3 is 2.19 bits per heavy atom. The summed E-state index contributed by atoms with van der Waals surface area (Å²) < 4.78 is 5.25. The molecule has 1 aliphatic rings. The van der Waals surface area contributed by atoms with Gasteiger partial charge in [0.05, 0.1) is 23.4 Å². The van der Waals surface area contributed by atoms with Crippen LogP contribution in [0.2, 0.25) is 0 Å². The maximum Gasteiger partial charge on any atom is 0.341 e. The van der Waals surface area contributed by atoms with E-state index in [-0.39, 0.29) is 23.4 Å². The number of nitrogens with zero attached hydrogens (tertiary/aromatic N) is 1. The molecule has 36 heavy (non-hydrogen) atoms. The summed E-state index contributed by atoms with van der Waals surface area (Å²) in [4.78, 5) is 52.8. The fourth-order valence-electron chi connectivity index (χ4n) is 4.07. The van der Waals surface area contributed by atoms with Crippen molar-refractivity contribution in [3.63, 3.8) is 0 Å². The van der Waals surface area contributed by atoms with Crippen LogP contribution in [0.1, 0.15) is 48.4 Å². The van der Waals surface area contributed by atoms with Crippen LogP contribution in [0.25, 0.3) is 11.1 Å². The summed E-state index contributed by atoms with van der Waals surface area (Å²) in [6.45, 7) is 1.91. The third-order valence-electron chi connectivity index (χ3n) is 5.74. The van der Waals surface area contributed by atoms with Gasteiger partial charge >= 0.3 is 5.97 Å². The highest BCUT2D eigenvalue weighted by molar-refractivity contribution is 7.15. The van der Waals surface area contributed by atoms with Crippen molar-refractivity contribution in [3.05, 3.63) is 106 Å². The van der Waals surface area contributed by atoms with Crippen LogP contribution in [-0.2, 0) is 4.74 Å². The fourth-order valence-corrected chi connectivity index (χ4v) is 5.02. The number of fused-ring (bicyclic) bond motifs is 1. The number of imide groups is 1. The molecule has 0 fully saturated rings. The zero-order valence-corrected chi connectivity index (χ0v) is 20.0. The van der Waals surface area contributed by atoms with E-state index in [4.69, 9.17) is 4.74 Å². The van der Waals surface area contributed by atoms with Crippen molar-refractivity contribution in [1.82, 2.24) is 0 Å². The Kier molecular flexibility index (Phi) is 6.18. The number of anilines is 2. The number of hydrogen-bond donors (Lipinski definition) is 1. The van der Waals surface area contributed by atoms with Crippen molar-refractivity contribution in [2.24, 2.45) is 0 Å². The molecule has 0 atom stereocenters. The third-order valence-corrected chi connectivity index (χ3v) is 6.64. The van der Waals surface area contributed by atoms with E-state index >= 15 is 0 Å². The average Bonchev–Trinajstić information content (AvgIpc) is 3.43. The molecule has 0 aliphatic carbocycles. The van der Waals surface area contributed by atoms with Crippen molar-refractivity contribution in [2.45, 2.75) is 6.92 Å². The monoisotopic (exact) mass is 496 g/mol. The topological polar surface area (TPSA) is 92.8 Å². The number of thiophene rings is 1. The first-order chi connectivity index (χ1) is 17.5. The van der Waals surface area contributed by atoms with Gasteiger partial charge in [-0.15, -0.1) is 11.3 Å². The Morgan fingerprint density at radius 1 is 0.861 bits per heavy atom. The van der Waals surface area contributed by atoms with E-state index in [1.807, 2.05) is 30.3 Å². The molecule has 7 nitrogen and oxygen atoms in total. The van der Waals surface area contributed by atoms with E-state index in [0.29, 0.717) is 21.7 Å². The molecule has 0 bridgehead atoms. The van der Waals surface area contributed by atoms with Crippen LogP contribution in [0.4, 0.5) is 10.7 Å². The fraction of sp³-hybridized carbons (Fsp3) is 0.0714. The second kappa shape index (κ2) is 9.59. The predicted molar refractivity (Wildman–Crippen MR) is 138 cm³/mol. The summed E-state index contributed by atoms with van der Waals surface area (Å²) in [5, 5.41) is 4.95. The predicted octanol–water partition coefficient (Wildman–Crippen LogP) is 5.64. The van der Waals surface area contributed by atoms with E-state index in [1.165, 1.54) is 17.4 Å². The van der Waals surface area contributed by atoms with Gasteiger partial charge in [0.25, 0.3) is 17.7 Å². The van der Waals surface area contributed by atoms with Crippen LogP contribution in [0.3, 0.4) is 0 Å². The summed E-state index contributed by atoms with van der Waals surface area (Å²) >= 11 is 1.22. The Bertz CT molecular complexity index is 1470. The molecule has 2 heterocycles. The van der Waals surface area contributed by atoms with Crippen molar-refractivity contribution >= 4 is 45.7 Å². The lowest BCUT2D eigenvalue weighted by atomic mass is 10.0. The van der Waals surface area contributed by atoms with Crippen LogP contribution in [0, 0.1) is 0 Å². The second-order valence-corrected chi connectivity index (χ2v) is 8.82. The summed E-state index contributed by atoms with van der Waals surface area (Å²) in [6, 6.07) is 22.2. The molecule has 178 valence electrons. The van der Waals surface area contributed by atoms with Crippen LogP contribution < -0.4 is 10.2 Å². The Labute approximate surface area is 210 Å². The molecule has 1 N–H and O–H groups in total. The zero-order chi connectivity index (χ0) is 25.2. The van der Waals surface area contributed by atoms with Crippen molar-refractivity contribution in [2.75, 3.05) is 16.8 Å². The summed E-state index contributed by atoms with van der Waals surface area (Å²) in [7, 11) is 0. The molecule has 3 aromatic carbocycles. The maximum absolute atomic E-state index is 13.2. The Hall–Kier alpha value is -4.56. The number of nitrogens with one attached hydrogen (secondary N) is 1. The third kappa shape index (κ3) is 4.08. The number of benzene rings is 3. The van der Waals surface area contributed by atoms with Crippen LogP contribution >= 0.6 is 11.3 Å². The van der Waals surface area contributed by atoms with E-state index < -0.39 is 23.7 Å². The van der Waals surface area contributed by atoms with Crippen LogP contribution in [0.15, 0.2) is 84.2 Å². The summed E-state index contributed by atoms with van der Waals surface area (Å²) in [6.07, 6.45) is 0. The minimum atomic E-state index is -0.535. The lowest BCUT2D eigenvalue weighted by molar-refractivity contribution is 0.0528. The smallest absolute Gasteiger partial charge is 0.341 e. The lowest BCUT2D eigenvalue weighted by Gasteiger charge is -2.15. The van der Waals surface area contributed by atoms with Crippen molar-refractivity contribution in [1.29, 1.82) is 0 Å². The molecular weight excluding hydrogens is 476 g/mol. The van der Waals surface area contributed by atoms with E-state index in [9.17, 15) is 19.2 Å². The number of esters is 1. The van der Waals surface area contributed by atoms with E-state index in [2.05, 4.69) is 5.32 Å². The molecule has 8 heteroatoms. The van der Waals surface area contributed by atoms with Crippen molar-refractivity contribution in [3.8, 4) is 11.1 Å². The van der Waals surface area contributed by atoms with Gasteiger partial charge in [0.2, 0.25) is 0 Å². The van der Waals surface area contributed by atoms with Crippen LogP contribution in [0.5, 0.6) is 0 Å². The minimum Gasteiger partial charge on any atom is -0.462 e. The Balaban J connectivity index is 1.45. The van der Waals surface area contributed by atoms with Gasteiger partial charge in [0.15, 0.2) is 0 Å². The minimum absolute atomic E-state index is 0.193. The van der Waals surface area contributed by atoms with Gasteiger partial charge in [-0.1, -0.05) is 48.5 Å². The molecule has 0 spiro atoms. The molecule has 1 aliphatic heterocycles. The number of carbonyl (C=O) groups is 4. The summed E-state index contributed by atoms with van der Waals surface area (Å²) in [5.74, 6) is -1.90. The highest BCUT2D eigenvalue weighted by Crippen LogP contribution is 2.37. The van der Waals surface area contributed by atoms with Gasteiger partial charge < -0.3 is 10.1 Å². The second-order valence-electron chi connectivity index (χ2n) is 7.94. The van der Waals surface area contributed by atoms with Gasteiger partial charge in [-0.25, -0.2) is 9.69 Å². The molecular formula is C28H20N2O5S. The van der Waals surface area contributed by atoms with Gasteiger partial charge in [-0.3, -0.25) is 14.4 Å². The number of ether oxygens (including phenoxy) is 1.